The highest BCUT2D eigenvalue weighted by Gasteiger charge is 2.11. The van der Waals surface area contributed by atoms with Gasteiger partial charge in [0.2, 0.25) is 5.78 Å². The number of benzene rings is 2. The van der Waals surface area contributed by atoms with Crippen molar-refractivity contribution < 1.29 is 23.8 Å². The first kappa shape index (κ1) is 19.2. The smallest absolute Gasteiger partial charge is 0.331 e. The zero-order chi connectivity index (χ0) is 19.1. The lowest BCUT2D eigenvalue weighted by molar-refractivity contribution is -0.136. The van der Waals surface area contributed by atoms with Crippen molar-refractivity contribution in [1.29, 1.82) is 0 Å². The maximum absolute atomic E-state index is 12.2. The van der Waals surface area contributed by atoms with E-state index in [1.54, 1.807) is 37.5 Å². The third kappa shape index (κ3) is 4.96. The quantitative estimate of drug-likeness (QED) is 0.430. The minimum absolute atomic E-state index is 0.227. The standard InChI is InChI=1S/C21H22O5/c1-14-5-8-17(15(2)11-14)18(22)13-26-21(23)10-7-16-6-9-19(24-3)20(12-16)25-4/h5-12H,13H2,1-4H3/b10-7+. The molecule has 0 aliphatic carbocycles. The molecule has 0 atom stereocenters. The average Bonchev–Trinajstić information content (AvgIpc) is 2.64. The number of hydrogen-bond donors (Lipinski definition) is 0. The Hall–Kier alpha value is -3.08. The van der Waals surface area contributed by atoms with Gasteiger partial charge in [-0.3, -0.25) is 4.79 Å². The summed E-state index contributed by atoms with van der Waals surface area (Å²) in [5.41, 5.74) is 3.26. The molecule has 5 nitrogen and oxygen atoms in total. The number of aryl methyl sites for hydroxylation is 2. The fourth-order valence-electron chi connectivity index (χ4n) is 2.51. The molecular formula is C21H22O5. The first-order chi connectivity index (χ1) is 12.4. The van der Waals surface area contributed by atoms with Crippen LogP contribution in [-0.4, -0.2) is 32.6 Å². The molecule has 0 aliphatic rings. The molecular weight excluding hydrogens is 332 g/mol. The lowest BCUT2D eigenvalue weighted by Gasteiger charge is -2.07. The normalized spacial score (nSPS) is 10.6. The maximum Gasteiger partial charge on any atom is 0.331 e. The highest BCUT2D eigenvalue weighted by atomic mass is 16.5. The van der Waals surface area contributed by atoms with Crippen LogP contribution in [0.4, 0.5) is 0 Å². The number of methoxy groups -OCH3 is 2. The van der Waals surface area contributed by atoms with Gasteiger partial charge in [-0.05, 0) is 43.2 Å². The fourth-order valence-corrected chi connectivity index (χ4v) is 2.51. The van der Waals surface area contributed by atoms with Gasteiger partial charge in [-0.15, -0.1) is 0 Å². The van der Waals surface area contributed by atoms with Crippen LogP contribution in [0.25, 0.3) is 6.08 Å². The van der Waals surface area contributed by atoms with Crippen LogP contribution in [-0.2, 0) is 9.53 Å². The van der Waals surface area contributed by atoms with Crippen molar-refractivity contribution >= 4 is 17.8 Å². The summed E-state index contributed by atoms with van der Waals surface area (Å²) in [6.45, 7) is 3.53. The predicted octanol–water partition coefficient (Wildman–Crippen LogP) is 3.76. The number of hydrogen-bond acceptors (Lipinski definition) is 5. The summed E-state index contributed by atoms with van der Waals surface area (Å²) in [4.78, 5) is 24.0. The summed E-state index contributed by atoms with van der Waals surface area (Å²) in [6.07, 6.45) is 2.86. The van der Waals surface area contributed by atoms with Crippen LogP contribution in [0.1, 0.15) is 27.0 Å². The molecule has 0 bridgehead atoms. The highest BCUT2D eigenvalue weighted by Crippen LogP contribution is 2.27. The van der Waals surface area contributed by atoms with Gasteiger partial charge in [0.15, 0.2) is 18.1 Å². The molecule has 2 aromatic rings. The number of carbonyl (C=O) groups is 2. The molecule has 0 saturated heterocycles. The Kier molecular flexibility index (Phi) is 6.55. The summed E-state index contributed by atoms with van der Waals surface area (Å²) in [7, 11) is 3.09. The topological polar surface area (TPSA) is 61.8 Å². The Labute approximate surface area is 153 Å². The molecule has 5 heteroatoms. The number of rotatable bonds is 7. The minimum atomic E-state index is -0.585. The van der Waals surface area contributed by atoms with Crippen LogP contribution in [0.2, 0.25) is 0 Å². The molecule has 0 saturated carbocycles. The number of carbonyl (C=O) groups excluding carboxylic acids is 2. The molecule has 0 radical (unpaired) electrons. The van der Waals surface area contributed by atoms with Crippen LogP contribution < -0.4 is 9.47 Å². The summed E-state index contributed by atoms with van der Waals surface area (Å²) in [5, 5.41) is 0. The van der Waals surface area contributed by atoms with E-state index in [-0.39, 0.29) is 12.4 Å². The lowest BCUT2D eigenvalue weighted by Crippen LogP contribution is -2.13. The van der Waals surface area contributed by atoms with Gasteiger partial charge < -0.3 is 14.2 Å². The zero-order valence-electron chi connectivity index (χ0n) is 15.4. The Morgan fingerprint density at radius 2 is 1.69 bits per heavy atom. The molecule has 0 unspecified atom stereocenters. The third-order valence-corrected chi connectivity index (χ3v) is 3.85. The summed E-state index contributed by atoms with van der Waals surface area (Å²) < 4.78 is 15.4. The van der Waals surface area contributed by atoms with Crippen LogP contribution in [0, 0.1) is 13.8 Å². The second-order valence-electron chi connectivity index (χ2n) is 5.80. The highest BCUT2D eigenvalue weighted by molar-refractivity contribution is 6.00. The van der Waals surface area contributed by atoms with Crippen LogP contribution in [0.5, 0.6) is 11.5 Å². The fraction of sp³-hybridized carbons (Fsp3) is 0.238. The third-order valence-electron chi connectivity index (χ3n) is 3.85. The van der Waals surface area contributed by atoms with E-state index in [0.29, 0.717) is 17.1 Å². The van der Waals surface area contributed by atoms with Crippen molar-refractivity contribution in [2.24, 2.45) is 0 Å². The van der Waals surface area contributed by atoms with Crippen molar-refractivity contribution in [2.45, 2.75) is 13.8 Å². The van der Waals surface area contributed by atoms with Crippen LogP contribution in [0.3, 0.4) is 0 Å². The average molecular weight is 354 g/mol. The van der Waals surface area contributed by atoms with Gasteiger partial charge in [-0.1, -0.05) is 29.8 Å². The molecule has 0 spiro atoms. The molecule has 2 rings (SSSR count). The maximum atomic E-state index is 12.2. The molecule has 0 heterocycles. The molecule has 0 fully saturated rings. The summed E-state index contributed by atoms with van der Waals surface area (Å²) >= 11 is 0. The number of Topliss-reactive ketones (excluding diaryl/α,β-unsaturated/α-hetero) is 1. The first-order valence-electron chi connectivity index (χ1n) is 8.12. The van der Waals surface area contributed by atoms with E-state index in [1.165, 1.54) is 13.2 Å². The number of esters is 1. The second kappa shape index (κ2) is 8.85. The first-order valence-corrected chi connectivity index (χ1v) is 8.12. The molecule has 0 aromatic heterocycles. The molecule has 26 heavy (non-hydrogen) atoms. The minimum Gasteiger partial charge on any atom is -0.493 e. The van der Waals surface area contributed by atoms with Crippen molar-refractivity contribution in [2.75, 3.05) is 20.8 Å². The van der Waals surface area contributed by atoms with Crippen LogP contribution in [0.15, 0.2) is 42.5 Å². The van der Waals surface area contributed by atoms with Crippen molar-refractivity contribution in [3.8, 4) is 11.5 Å². The van der Waals surface area contributed by atoms with Gasteiger partial charge in [-0.2, -0.15) is 0 Å². The van der Waals surface area contributed by atoms with E-state index < -0.39 is 5.97 Å². The predicted molar refractivity (Wildman–Crippen MR) is 99.8 cm³/mol. The Morgan fingerprint density at radius 1 is 0.962 bits per heavy atom. The Balaban J connectivity index is 1.96. The van der Waals surface area contributed by atoms with Gasteiger partial charge in [0, 0.05) is 11.6 Å². The van der Waals surface area contributed by atoms with Gasteiger partial charge in [0.25, 0.3) is 0 Å². The summed E-state index contributed by atoms with van der Waals surface area (Å²) in [5.74, 6) is 0.354. The molecule has 2 aromatic carbocycles. The van der Waals surface area contributed by atoms with Gasteiger partial charge in [0.1, 0.15) is 0 Å². The van der Waals surface area contributed by atoms with E-state index >= 15 is 0 Å². The van der Waals surface area contributed by atoms with Crippen molar-refractivity contribution in [3.05, 3.63) is 64.7 Å². The van der Waals surface area contributed by atoms with Gasteiger partial charge >= 0.3 is 5.97 Å². The van der Waals surface area contributed by atoms with E-state index in [0.717, 1.165) is 16.7 Å². The number of ketones is 1. The zero-order valence-corrected chi connectivity index (χ0v) is 15.4. The van der Waals surface area contributed by atoms with Crippen LogP contribution >= 0.6 is 0 Å². The van der Waals surface area contributed by atoms with E-state index in [9.17, 15) is 9.59 Å². The summed E-state index contributed by atoms with van der Waals surface area (Å²) in [6, 6.07) is 10.8. The Bertz CT molecular complexity index is 836. The second-order valence-corrected chi connectivity index (χ2v) is 5.80. The molecule has 0 amide bonds. The Morgan fingerprint density at radius 3 is 2.35 bits per heavy atom. The van der Waals surface area contributed by atoms with E-state index in [1.807, 2.05) is 26.0 Å². The van der Waals surface area contributed by atoms with E-state index in [4.69, 9.17) is 14.2 Å². The van der Waals surface area contributed by atoms with Gasteiger partial charge in [-0.25, -0.2) is 4.79 Å². The van der Waals surface area contributed by atoms with Crippen molar-refractivity contribution in [1.82, 2.24) is 0 Å². The molecule has 0 aliphatic heterocycles. The molecule has 0 N–H and O–H groups in total. The van der Waals surface area contributed by atoms with Crippen molar-refractivity contribution in [3.63, 3.8) is 0 Å². The molecule has 136 valence electrons. The lowest BCUT2D eigenvalue weighted by atomic mass is 10.0. The van der Waals surface area contributed by atoms with E-state index in [2.05, 4.69) is 0 Å². The number of ether oxygens (including phenoxy) is 3. The van der Waals surface area contributed by atoms with Gasteiger partial charge in [0.05, 0.1) is 14.2 Å². The SMILES string of the molecule is COc1ccc(/C=C/C(=O)OCC(=O)c2ccc(C)cc2C)cc1OC. The largest absolute Gasteiger partial charge is 0.493 e. The monoisotopic (exact) mass is 354 g/mol.